The topological polar surface area (TPSA) is 150 Å². The van der Waals surface area contributed by atoms with Crippen LogP contribution >= 0.6 is 0 Å². The van der Waals surface area contributed by atoms with Crippen LogP contribution in [0.2, 0.25) is 0 Å². The van der Waals surface area contributed by atoms with Gasteiger partial charge < -0.3 is 9.97 Å². The number of hydrogen-bond donors (Lipinski definition) is 3. The fourth-order valence-corrected chi connectivity index (χ4v) is 4.78. The number of benzene rings is 3. The van der Waals surface area contributed by atoms with Crippen molar-refractivity contribution < 1.29 is 4.39 Å². The number of aromatic amines is 3. The van der Waals surface area contributed by atoms with Gasteiger partial charge in [-0.15, -0.1) is 5.10 Å². The first-order valence-corrected chi connectivity index (χ1v) is 11.9. The number of imidazole rings is 1. The summed E-state index contributed by atoms with van der Waals surface area (Å²) in [6, 6.07) is 19.7. The summed E-state index contributed by atoms with van der Waals surface area (Å²) in [5.74, 6) is -0.519. The van der Waals surface area contributed by atoms with Crippen LogP contribution < -0.4 is 5.69 Å². The second-order valence-electron chi connectivity index (χ2n) is 8.96. The van der Waals surface area contributed by atoms with Crippen molar-refractivity contribution in [1.82, 2.24) is 44.9 Å². The van der Waals surface area contributed by atoms with Gasteiger partial charge in [-0.25, -0.2) is 13.9 Å². The van der Waals surface area contributed by atoms with Gasteiger partial charge in [-0.2, -0.15) is 15.5 Å². The number of fused-ring (bicyclic) bond motifs is 2. The maximum atomic E-state index is 15.3. The van der Waals surface area contributed by atoms with E-state index in [4.69, 9.17) is 0 Å². The summed E-state index contributed by atoms with van der Waals surface area (Å²) >= 11 is 0. The average molecular weight is 517 g/mol. The monoisotopic (exact) mass is 516 g/mol. The standard InChI is InChI=1S/C27H17FN10O/c28-20-10-17(11-25-26(20)35-36-38(25)18-3-4-22-23(12-18)33-27(39)32-22)24-6-8-31-37(24)14-16-2-1-15(13-29)9-19(16)21-5-7-30-34-21/h1-12H,14H2,(H,30,34)(H2,32,33,39). The van der Waals surface area contributed by atoms with E-state index in [1.54, 1.807) is 47.4 Å². The molecule has 188 valence electrons. The molecule has 7 rings (SSSR count). The highest BCUT2D eigenvalue weighted by Crippen LogP contribution is 2.30. The predicted molar refractivity (Wildman–Crippen MR) is 140 cm³/mol. The molecule has 11 nitrogen and oxygen atoms in total. The van der Waals surface area contributed by atoms with Crippen LogP contribution in [0, 0.1) is 17.1 Å². The fourth-order valence-electron chi connectivity index (χ4n) is 4.78. The number of halogens is 1. The normalized spacial score (nSPS) is 11.4. The van der Waals surface area contributed by atoms with Crippen LogP contribution in [0.5, 0.6) is 0 Å². The number of rotatable bonds is 5. The van der Waals surface area contributed by atoms with E-state index in [1.165, 1.54) is 10.7 Å². The number of nitrogens with one attached hydrogen (secondary N) is 3. The fraction of sp³-hybridized carbons (Fsp3) is 0.0370. The molecule has 0 aliphatic carbocycles. The highest BCUT2D eigenvalue weighted by molar-refractivity contribution is 5.84. The first kappa shape index (κ1) is 22.4. The lowest BCUT2D eigenvalue weighted by Crippen LogP contribution is -2.06. The average Bonchev–Trinajstić information content (AvgIpc) is 3.74. The van der Waals surface area contributed by atoms with Crippen LogP contribution in [0.25, 0.3) is 50.3 Å². The van der Waals surface area contributed by atoms with E-state index in [-0.39, 0.29) is 11.2 Å². The Balaban J connectivity index is 1.32. The molecule has 3 aromatic carbocycles. The zero-order valence-electron chi connectivity index (χ0n) is 20.1. The quantitative estimate of drug-likeness (QED) is 0.316. The Morgan fingerprint density at radius 2 is 1.87 bits per heavy atom. The molecular formula is C27H17FN10O. The van der Waals surface area contributed by atoms with Gasteiger partial charge in [0.1, 0.15) is 5.52 Å². The van der Waals surface area contributed by atoms with E-state index in [0.29, 0.717) is 45.6 Å². The maximum absolute atomic E-state index is 15.3. The van der Waals surface area contributed by atoms with E-state index in [2.05, 4.69) is 41.6 Å². The third-order valence-corrected chi connectivity index (χ3v) is 6.61. The van der Waals surface area contributed by atoms with Crippen molar-refractivity contribution in [3.63, 3.8) is 0 Å². The van der Waals surface area contributed by atoms with Gasteiger partial charge in [0.05, 0.1) is 51.8 Å². The lowest BCUT2D eigenvalue weighted by atomic mass is 10.0. The number of nitriles is 1. The first-order chi connectivity index (χ1) is 19.1. The van der Waals surface area contributed by atoms with Crippen molar-refractivity contribution in [2.45, 2.75) is 6.54 Å². The molecule has 12 heteroatoms. The van der Waals surface area contributed by atoms with Crippen LogP contribution in [0.15, 0.2) is 77.9 Å². The number of H-pyrrole nitrogens is 3. The van der Waals surface area contributed by atoms with Crippen LogP contribution in [0.3, 0.4) is 0 Å². The van der Waals surface area contributed by atoms with Crippen LogP contribution in [-0.2, 0) is 6.54 Å². The second-order valence-corrected chi connectivity index (χ2v) is 8.96. The molecule has 4 aromatic heterocycles. The zero-order chi connectivity index (χ0) is 26.5. The van der Waals surface area contributed by atoms with Gasteiger partial charge in [0, 0.05) is 23.5 Å². The third-order valence-electron chi connectivity index (χ3n) is 6.61. The van der Waals surface area contributed by atoms with E-state index in [9.17, 15) is 10.1 Å². The summed E-state index contributed by atoms with van der Waals surface area (Å²) in [5, 5.41) is 29.1. The Hall–Kier alpha value is -5.83. The number of hydrogen-bond acceptors (Lipinski definition) is 6. The van der Waals surface area contributed by atoms with Gasteiger partial charge in [-0.05, 0) is 60.2 Å². The maximum Gasteiger partial charge on any atom is 0.323 e. The van der Waals surface area contributed by atoms with Crippen molar-refractivity contribution >= 4 is 22.1 Å². The molecule has 7 aromatic rings. The highest BCUT2D eigenvalue weighted by atomic mass is 19.1. The number of aromatic nitrogens is 9. The van der Waals surface area contributed by atoms with Gasteiger partial charge in [0.25, 0.3) is 0 Å². The molecule has 0 fully saturated rings. The molecule has 0 aliphatic rings. The lowest BCUT2D eigenvalue weighted by Gasteiger charge is -2.12. The molecule has 0 spiro atoms. The zero-order valence-corrected chi connectivity index (χ0v) is 20.1. The Labute approximate surface area is 218 Å². The molecule has 4 heterocycles. The summed E-state index contributed by atoms with van der Waals surface area (Å²) in [4.78, 5) is 17.1. The first-order valence-electron chi connectivity index (χ1n) is 11.9. The Morgan fingerprint density at radius 3 is 2.72 bits per heavy atom. The second kappa shape index (κ2) is 8.63. The molecule has 0 unspecified atom stereocenters. The molecular weight excluding hydrogens is 499 g/mol. The van der Waals surface area contributed by atoms with Crippen LogP contribution in [-0.4, -0.2) is 44.9 Å². The molecule has 0 atom stereocenters. The Bertz CT molecular complexity index is 2110. The summed E-state index contributed by atoms with van der Waals surface area (Å²) < 4.78 is 18.6. The van der Waals surface area contributed by atoms with Crippen LogP contribution in [0.1, 0.15) is 11.1 Å². The SMILES string of the molecule is N#Cc1ccc(Cn2nccc2-c2cc(F)c3nnn(-c4ccc5[nH]c(=O)[nH]c5c4)c3c2)c(-c2ccn[nH]2)c1. The minimum Gasteiger partial charge on any atom is -0.306 e. The van der Waals surface area contributed by atoms with Gasteiger partial charge in [0.15, 0.2) is 5.82 Å². The lowest BCUT2D eigenvalue weighted by molar-refractivity contribution is 0.635. The van der Waals surface area contributed by atoms with Crippen LogP contribution in [0.4, 0.5) is 4.39 Å². The highest BCUT2D eigenvalue weighted by Gasteiger charge is 2.17. The molecule has 0 bridgehead atoms. The molecule has 3 N–H and O–H groups in total. The Kier molecular flexibility index (Phi) is 4.95. The molecule has 0 aliphatic heterocycles. The smallest absolute Gasteiger partial charge is 0.306 e. The van der Waals surface area contributed by atoms with Crippen molar-refractivity contribution in [3.8, 4) is 34.3 Å². The van der Waals surface area contributed by atoms with Crippen molar-refractivity contribution in [2.75, 3.05) is 0 Å². The van der Waals surface area contributed by atoms with E-state index in [0.717, 1.165) is 16.8 Å². The molecule has 0 amide bonds. The molecule has 0 saturated carbocycles. The van der Waals surface area contributed by atoms with Crippen molar-refractivity contribution in [1.29, 1.82) is 5.26 Å². The summed E-state index contributed by atoms with van der Waals surface area (Å²) in [7, 11) is 0. The van der Waals surface area contributed by atoms with Gasteiger partial charge >= 0.3 is 5.69 Å². The van der Waals surface area contributed by atoms with Gasteiger partial charge in [0.2, 0.25) is 0 Å². The minimum absolute atomic E-state index is 0.126. The number of nitrogens with zero attached hydrogens (tertiary/aromatic N) is 7. The largest absolute Gasteiger partial charge is 0.323 e. The minimum atomic E-state index is -0.519. The third kappa shape index (κ3) is 3.77. The van der Waals surface area contributed by atoms with E-state index >= 15 is 4.39 Å². The van der Waals surface area contributed by atoms with E-state index in [1.807, 2.05) is 24.3 Å². The molecule has 0 radical (unpaired) electrons. The summed E-state index contributed by atoms with van der Waals surface area (Å²) in [6.07, 6.45) is 3.31. The predicted octanol–water partition coefficient (Wildman–Crippen LogP) is 3.90. The Morgan fingerprint density at radius 1 is 0.974 bits per heavy atom. The summed E-state index contributed by atoms with van der Waals surface area (Å²) in [5.41, 5.74) is 6.47. The molecule has 0 saturated heterocycles. The van der Waals surface area contributed by atoms with Gasteiger partial charge in [-0.3, -0.25) is 9.78 Å². The van der Waals surface area contributed by atoms with Crippen molar-refractivity contribution in [2.24, 2.45) is 0 Å². The molecule has 39 heavy (non-hydrogen) atoms. The summed E-state index contributed by atoms with van der Waals surface area (Å²) in [6.45, 7) is 0.372. The van der Waals surface area contributed by atoms with E-state index < -0.39 is 5.82 Å². The van der Waals surface area contributed by atoms with Gasteiger partial charge in [-0.1, -0.05) is 11.3 Å². The van der Waals surface area contributed by atoms with Crippen molar-refractivity contribution in [3.05, 3.63) is 100 Å².